The fourth-order valence-electron chi connectivity index (χ4n) is 2.39. The molecule has 3 heteroatoms. The summed E-state index contributed by atoms with van der Waals surface area (Å²) in [6.07, 6.45) is 4.27. The first-order chi connectivity index (χ1) is 8.79. The van der Waals surface area contributed by atoms with Gasteiger partial charge in [0.05, 0.1) is 6.61 Å². The molecule has 0 bridgehead atoms. The third kappa shape index (κ3) is 3.70. The molecule has 0 unspecified atom stereocenters. The number of halogens is 1. The molecule has 1 fully saturated rings. The highest BCUT2D eigenvalue weighted by Gasteiger charge is 2.16. The second kappa shape index (κ2) is 6.74. The SMILES string of the molecule is CCCCOc1cc(F)cc(C2CCNCC2)c1. The lowest BCUT2D eigenvalue weighted by Gasteiger charge is -2.23. The predicted molar refractivity (Wildman–Crippen MR) is 71.6 cm³/mol. The molecule has 18 heavy (non-hydrogen) atoms. The standard InChI is InChI=1S/C15H22FNO/c1-2-3-8-18-15-10-13(9-14(16)11-15)12-4-6-17-7-5-12/h9-12,17H,2-8H2,1H3. The Morgan fingerprint density at radius 3 is 2.78 bits per heavy atom. The van der Waals surface area contributed by atoms with Crippen LogP contribution >= 0.6 is 0 Å². The maximum Gasteiger partial charge on any atom is 0.127 e. The van der Waals surface area contributed by atoms with E-state index in [1.54, 1.807) is 6.07 Å². The van der Waals surface area contributed by atoms with E-state index in [1.807, 2.05) is 6.07 Å². The van der Waals surface area contributed by atoms with E-state index in [9.17, 15) is 4.39 Å². The number of nitrogens with one attached hydrogen (secondary N) is 1. The molecule has 1 aliphatic heterocycles. The van der Waals surface area contributed by atoms with E-state index in [0.717, 1.165) is 44.3 Å². The molecule has 1 heterocycles. The summed E-state index contributed by atoms with van der Waals surface area (Å²) in [6.45, 7) is 4.83. The Balaban J connectivity index is 2.05. The van der Waals surface area contributed by atoms with Crippen LogP contribution in [0.25, 0.3) is 0 Å². The zero-order valence-electron chi connectivity index (χ0n) is 11.0. The number of rotatable bonds is 5. The van der Waals surface area contributed by atoms with E-state index in [0.29, 0.717) is 18.3 Å². The zero-order valence-corrected chi connectivity index (χ0v) is 11.0. The highest BCUT2D eigenvalue weighted by atomic mass is 19.1. The molecular formula is C15H22FNO. The molecule has 100 valence electrons. The van der Waals surface area contributed by atoms with E-state index in [2.05, 4.69) is 12.2 Å². The van der Waals surface area contributed by atoms with Gasteiger partial charge in [-0.1, -0.05) is 13.3 Å². The van der Waals surface area contributed by atoms with Crippen LogP contribution in [0.15, 0.2) is 18.2 Å². The average molecular weight is 251 g/mol. The van der Waals surface area contributed by atoms with Gasteiger partial charge in [-0.3, -0.25) is 0 Å². The first-order valence-corrected chi connectivity index (χ1v) is 6.93. The van der Waals surface area contributed by atoms with Gasteiger partial charge in [-0.15, -0.1) is 0 Å². The van der Waals surface area contributed by atoms with Crippen LogP contribution in [0.4, 0.5) is 4.39 Å². The predicted octanol–water partition coefficient (Wildman–Crippen LogP) is 3.47. The molecule has 0 aromatic heterocycles. The van der Waals surface area contributed by atoms with Crippen molar-refractivity contribution < 1.29 is 9.13 Å². The smallest absolute Gasteiger partial charge is 0.127 e. The van der Waals surface area contributed by atoms with Gasteiger partial charge in [0.15, 0.2) is 0 Å². The van der Waals surface area contributed by atoms with E-state index < -0.39 is 0 Å². The van der Waals surface area contributed by atoms with Gasteiger partial charge in [0.1, 0.15) is 11.6 Å². The number of piperidine rings is 1. The summed E-state index contributed by atoms with van der Waals surface area (Å²) in [6, 6.07) is 5.15. The lowest BCUT2D eigenvalue weighted by molar-refractivity contribution is 0.307. The van der Waals surface area contributed by atoms with Crippen LogP contribution in [0.5, 0.6) is 5.75 Å². The van der Waals surface area contributed by atoms with Crippen LogP contribution in [0, 0.1) is 5.82 Å². The number of hydrogen-bond donors (Lipinski definition) is 1. The first-order valence-electron chi connectivity index (χ1n) is 6.93. The largest absolute Gasteiger partial charge is 0.493 e. The van der Waals surface area contributed by atoms with Gasteiger partial charge in [0, 0.05) is 6.07 Å². The van der Waals surface area contributed by atoms with Crippen molar-refractivity contribution in [2.24, 2.45) is 0 Å². The van der Waals surface area contributed by atoms with Crippen molar-refractivity contribution in [3.63, 3.8) is 0 Å². The Labute approximate surface area is 109 Å². The van der Waals surface area contributed by atoms with Gasteiger partial charge in [-0.05, 0) is 56.0 Å². The summed E-state index contributed by atoms with van der Waals surface area (Å²) < 4.78 is 19.2. The second-order valence-corrected chi connectivity index (χ2v) is 4.95. The number of hydrogen-bond acceptors (Lipinski definition) is 2. The van der Waals surface area contributed by atoms with Crippen LogP contribution in [0.3, 0.4) is 0 Å². The van der Waals surface area contributed by atoms with Crippen molar-refractivity contribution in [1.82, 2.24) is 5.32 Å². The van der Waals surface area contributed by atoms with E-state index >= 15 is 0 Å². The molecule has 1 aliphatic rings. The second-order valence-electron chi connectivity index (χ2n) is 4.95. The summed E-state index contributed by atoms with van der Waals surface area (Å²) in [5, 5.41) is 3.33. The van der Waals surface area contributed by atoms with Gasteiger partial charge in [-0.2, -0.15) is 0 Å². The van der Waals surface area contributed by atoms with Gasteiger partial charge in [0.25, 0.3) is 0 Å². The Morgan fingerprint density at radius 2 is 2.06 bits per heavy atom. The van der Waals surface area contributed by atoms with Gasteiger partial charge < -0.3 is 10.1 Å². The van der Waals surface area contributed by atoms with Crippen LogP contribution in [-0.2, 0) is 0 Å². The molecule has 0 atom stereocenters. The fourth-order valence-corrected chi connectivity index (χ4v) is 2.39. The minimum atomic E-state index is -0.183. The Hall–Kier alpha value is -1.09. The molecule has 0 saturated carbocycles. The van der Waals surface area contributed by atoms with E-state index in [4.69, 9.17) is 4.74 Å². The van der Waals surface area contributed by atoms with Crippen molar-refractivity contribution in [3.05, 3.63) is 29.6 Å². The van der Waals surface area contributed by atoms with E-state index in [1.165, 1.54) is 6.07 Å². The Bertz CT molecular complexity index is 375. The fraction of sp³-hybridized carbons (Fsp3) is 0.600. The summed E-state index contributed by atoms with van der Waals surface area (Å²) in [5.41, 5.74) is 1.09. The normalized spacial score (nSPS) is 16.8. The monoisotopic (exact) mass is 251 g/mol. The molecule has 1 N–H and O–H groups in total. The van der Waals surface area contributed by atoms with Gasteiger partial charge in [-0.25, -0.2) is 4.39 Å². The molecule has 0 radical (unpaired) electrons. The lowest BCUT2D eigenvalue weighted by atomic mass is 9.90. The lowest BCUT2D eigenvalue weighted by Crippen LogP contribution is -2.26. The molecule has 2 nitrogen and oxygen atoms in total. The van der Waals surface area contributed by atoms with E-state index in [-0.39, 0.29) is 5.82 Å². The third-order valence-electron chi connectivity index (χ3n) is 3.47. The molecule has 2 rings (SSSR count). The summed E-state index contributed by atoms with van der Waals surface area (Å²) in [7, 11) is 0. The van der Waals surface area contributed by atoms with Crippen LogP contribution in [0.1, 0.15) is 44.1 Å². The van der Waals surface area contributed by atoms with Crippen molar-refractivity contribution in [3.8, 4) is 5.75 Å². The maximum atomic E-state index is 13.6. The minimum absolute atomic E-state index is 0.183. The molecule has 1 aromatic carbocycles. The first kappa shape index (κ1) is 13.3. The van der Waals surface area contributed by atoms with Crippen LogP contribution in [0.2, 0.25) is 0 Å². The maximum absolute atomic E-state index is 13.6. The van der Waals surface area contributed by atoms with Crippen LogP contribution in [-0.4, -0.2) is 19.7 Å². The number of benzene rings is 1. The average Bonchev–Trinajstić information content (AvgIpc) is 2.39. The van der Waals surface area contributed by atoms with Crippen molar-refractivity contribution in [1.29, 1.82) is 0 Å². The quantitative estimate of drug-likeness (QED) is 0.809. The zero-order chi connectivity index (χ0) is 12.8. The molecular weight excluding hydrogens is 229 g/mol. The molecule has 0 aliphatic carbocycles. The Morgan fingerprint density at radius 1 is 1.28 bits per heavy atom. The third-order valence-corrected chi connectivity index (χ3v) is 3.47. The summed E-state index contributed by atoms with van der Waals surface area (Å²) in [5.74, 6) is 0.963. The molecule has 1 aromatic rings. The Kier molecular flexibility index (Phi) is 5.00. The van der Waals surface area contributed by atoms with Crippen molar-refractivity contribution in [2.45, 2.75) is 38.5 Å². The molecule has 0 spiro atoms. The highest BCUT2D eigenvalue weighted by molar-refractivity contribution is 5.32. The van der Waals surface area contributed by atoms with Crippen molar-refractivity contribution in [2.75, 3.05) is 19.7 Å². The molecule has 1 saturated heterocycles. The van der Waals surface area contributed by atoms with Crippen molar-refractivity contribution >= 4 is 0 Å². The topological polar surface area (TPSA) is 21.3 Å². The minimum Gasteiger partial charge on any atom is -0.493 e. The van der Waals surface area contributed by atoms with Gasteiger partial charge in [0.2, 0.25) is 0 Å². The summed E-state index contributed by atoms with van der Waals surface area (Å²) in [4.78, 5) is 0. The number of unbranched alkanes of at least 4 members (excludes halogenated alkanes) is 1. The van der Waals surface area contributed by atoms with Crippen LogP contribution < -0.4 is 10.1 Å². The number of ether oxygens (including phenoxy) is 1. The molecule has 0 amide bonds. The summed E-state index contributed by atoms with van der Waals surface area (Å²) >= 11 is 0. The van der Waals surface area contributed by atoms with Gasteiger partial charge >= 0.3 is 0 Å². The highest BCUT2D eigenvalue weighted by Crippen LogP contribution is 2.29.